The van der Waals surface area contributed by atoms with Crippen molar-refractivity contribution in [3.8, 4) is 0 Å². The van der Waals surface area contributed by atoms with Crippen LogP contribution in [0.1, 0.15) is 29.0 Å². The summed E-state index contributed by atoms with van der Waals surface area (Å²) in [5, 5.41) is 4.47. The molecule has 4 rings (SSSR count). The van der Waals surface area contributed by atoms with Gasteiger partial charge in [0.15, 0.2) is 0 Å². The summed E-state index contributed by atoms with van der Waals surface area (Å²) in [7, 11) is 3.95. The molecular weight excluding hydrogens is 450 g/mol. The topological polar surface area (TPSA) is 87.7 Å². The largest absolute Gasteiger partial charge is 0.463 e. The van der Waals surface area contributed by atoms with Gasteiger partial charge in [-0.15, -0.1) is 11.3 Å². The number of hydrogen-bond donors (Lipinski definition) is 1. The number of anilines is 1. The first kappa shape index (κ1) is 23.8. The van der Waals surface area contributed by atoms with E-state index in [0.717, 1.165) is 33.6 Å². The lowest BCUT2D eigenvalue weighted by Gasteiger charge is -2.26. The van der Waals surface area contributed by atoms with Crippen LogP contribution in [0.4, 0.5) is 5.82 Å². The minimum atomic E-state index is -0.326. The summed E-state index contributed by atoms with van der Waals surface area (Å²) in [4.78, 5) is 39.1. The van der Waals surface area contributed by atoms with Crippen molar-refractivity contribution >= 4 is 39.2 Å². The number of aromatic nitrogens is 2. The summed E-state index contributed by atoms with van der Waals surface area (Å²) < 4.78 is 5.33. The van der Waals surface area contributed by atoms with Crippen LogP contribution < -0.4 is 5.32 Å². The highest BCUT2D eigenvalue weighted by Crippen LogP contribution is 2.38. The quantitative estimate of drug-likeness (QED) is 0.391. The van der Waals surface area contributed by atoms with E-state index in [2.05, 4.69) is 15.3 Å². The molecule has 0 fully saturated rings. The lowest BCUT2D eigenvalue weighted by Crippen LogP contribution is -2.34. The number of rotatable bonds is 8. The van der Waals surface area contributed by atoms with Crippen LogP contribution in [-0.2, 0) is 27.3 Å². The van der Waals surface area contributed by atoms with Crippen LogP contribution in [0, 0.1) is 0 Å². The predicted molar refractivity (Wildman–Crippen MR) is 134 cm³/mol. The number of carbonyl (C=O) groups is 2. The van der Waals surface area contributed by atoms with E-state index in [4.69, 9.17) is 4.74 Å². The predicted octanol–water partition coefficient (Wildman–Crippen LogP) is 3.41. The third kappa shape index (κ3) is 5.60. The molecule has 1 aliphatic rings. The number of amides is 1. The van der Waals surface area contributed by atoms with Crippen LogP contribution in [0.2, 0.25) is 0 Å². The number of nitrogens with zero attached hydrogens (tertiary/aromatic N) is 4. The molecular formula is C25H29N5O3S. The molecule has 34 heavy (non-hydrogen) atoms. The molecule has 0 bridgehead atoms. The molecule has 8 nitrogen and oxygen atoms in total. The lowest BCUT2D eigenvalue weighted by molar-refractivity contribution is -0.141. The molecule has 3 aromatic rings. The highest BCUT2D eigenvalue weighted by Gasteiger charge is 2.26. The Morgan fingerprint density at radius 1 is 1.26 bits per heavy atom. The fourth-order valence-electron chi connectivity index (χ4n) is 3.97. The first-order chi connectivity index (χ1) is 16.4. The van der Waals surface area contributed by atoms with Crippen molar-refractivity contribution < 1.29 is 14.3 Å². The second-order valence-electron chi connectivity index (χ2n) is 8.49. The van der Waals surface area contributed by atoms with Crippen LogP contribution in [0.15, 0.2) is 48.8 Å². The zero-order valence-electron chi connectivity index (χ0n) is 19.7. The van der Waals surface area contributed by atoms with E-state index < -0.39 is 0 Å². The Hall–Kier alpha value is -3.30. The number of ether oxygens (including phenoxy) is 1. The third-order valence-electron chi connectivity index (χ3n) is 5.65. The van der Waals surface area contributed by atoms with Crippen molar-refractivity contribution in [2.45, 2.75) is 25.9 Å². The van der Waals surface area contributed by atoms with Crippen molar-refractivity contribution in [2.24, 2.45) is 0 Å². The van der Waals surface area contributed by atoms with Crippen molar-refractivity contribution in [3.63, 3.8) is 0 Å². The van der Waals surface area contributed by atoms with Gasteiger partial charge in [0.25, 0.3) is 0 Å². The molecule has 2 aromatic heterocycles. The fraction of sp³-hybridized carbons (Fsp3) is 0.360. The molecule has 0 spiro atoms. The molecule has 1 atom stereocenters. The molecule has 178 valence electrons. The Morgan fingerprint density at radius 3 is 2.79 bits per heavy atom. The van der Waals surface area contributed by atoms with Crippen LogP contribution in [0.3, 0.4) is 0 Å². The maximum Gasteiger partial charge on any atom is 0.302 e. The van der Waals surface area contributed by atoms with Crippen molar-refractivity contribution in [1.29, 1.82) is 0 Å². The van der Waals surface area contributed by atoms with Crippen molar-refractivity contribution in [3.05, 3.63) is 64.8 Å². The van der Waals surface area contributed by atoms with Gasteiger partial charge >= 0.3 is 5.97 Å². The molecule has 0 radical (unpaired) electrons. The highest BCUT2D eigenvalue weighted by atomic mass is 32.1. The van der Waals surface area contributed by atoms with Crippen molar-refractivity contribution in [2.75, 3.05) is 39.1 Å². The maximum absolute atomic E-state index is 12.6. The first-order valence-electron chi connectivity index (χ1n) is 11.2. The number of likely N-dealkylation sites (N-methyl/N-ethyl adjacent to an activating group) is 1. The average Bonchev–Trinajstić information content (AvgIpc) is 3.20. The monoisotopic (exact) mass is 479 g/mol. The Labute approximate surface area is 203 Å². The summed E-state index contributed by atoms with van der Waals surface area (Å²) in [6.07, 6.45) is 5.84. The molecule has 1 amide bonds. The van der Waals surface area contributed by atoms with Crippen LogP contribution in [-0.4, -0.2) is 65.4 Å². The number of thiophene rings is 1. The van der Waals surface area contributed by atoms with Gasteiger partial charge in [0.2, 0.25) is 5.91 Å². The summed E-state index contributed by atoms with van der Waals surface area (Å²) in [6.45, 7) is 3.54. The number of esters is 1. The molecule has 1 aromatic carbocycles. The van der Waals surface area contributed by atoms with Gasteiger partial charge in [-0.1, -0.05) is 36.4 Å². The zero-order valence-corrected chi connectivity index (χ0v) is 20.5. The average molecular weight is 480 g/mol. The van der Waals surface area contributed by atoms with E-state index >= 15 is 0 Å². The van der Waals surface area contributed by atoms with E-state index in [1.54, 1.807) is 23.7 Å². The Balaban J connectivity index is 1.59. The Bertz CT molecular complexity index is 1190. The second kappa shape index (κ2) is 10.8. The molecule has 1 aliphatic heterocycles. The molecule has 0 saturated carbocycles. The normalized spacial score (nSPS) is 14.4. The molecule has 0 saturated heterocycles. The number of carbonyl (C=O) groups excluding carboxylic acids is 2. The van der Waals surface area contributed by atoms with Crippen molar-refractivity contribution in [1.82, 2.24) is 19.8 Å². The zero-order chi connectivity index (χ0) is 24.1. The molecule has 1 N–H and O–H groups in total. The maximum atomic E-state index is 12.6. The molecule has 0 unspecified atom stereocenters. The van der Waals surface area contributed by atoms with Gasteiger partial charge in [-0.2, -0.15) is 0 Å². The van der Waals surface area contributed by atoms with Crippen LogP contribution >= 0.6 is 11.3 Å². The number of benzene rings is 1. The van der Waals surface area contributed by atoms with Crippen LogP contribution in [0.5, 0.6) is 0 Å². The molecule has 3 heterocycles. The lowest BCUT2D eigenvalue weighted by atomic mass is 10.0. The van der Waals surface area contributed by atoms with Gasteiger partial charge < -0.3 is 19.9 Å². The number of nitrogens with one attached hydrogen (secondary N) is 1. The fourth-order valence-corrected chi connectivity index (χ4v) is 5.17. The van der Waals surface area contributed by atoms with Gasteiger partial charge in [0, 0.05) is 31.0 Å². The SMILES string of the molecule is CC(=O)OC[C@@H](Nc1ncnc2sc3c(c12)CCN(C(=O)C=CCN(C)C)C3)c1ccccc1. The minimum Gasteiger partial charge on any atom is -0.463 e. The molecule has 0 aliphatic carbocycles. The van der Waals surface area contributed by atoms with E-state index in [1.807, 2.05) is 60.3 Å². The van der Waals surface area contributed by atoms with Gasteiger partial charge in [0.05, 0.1) is 18.0 Å². The van der Waals surface area contributed by atoms with E-state index in [9.17, 15) is 9.59 Å². The van der Waals surface area contributed by atoms with E-state index in [1.165, 1.54) is 12.5 Å². The summed E-state index contributed by atoms with van der Waals surface area (Å²) in [5.74, 6) is 0.418. The summed E-state index contributed by atoms with van der Waals surface area (Å²) in [6, 6.07) is 9.61. The van der Waals surface area contributed by atoms with Gasteiger partial charge in [0.1, 0.15) is 23.6 Å². The number of hydrogen-bond acceptors (Lipinski definition) is 8. The van der Waals surface area contributed by atoms with E-state index in [-0.39, 0.29) is 24.5 Å². The third-order valence-corrected chi connectivity index (χ3v) is 6.77. The Kier molecular flexibility index (Phi) is 7.54. The summed E-state index contributed by atoms with van der Waals surface area (Å²) in [5.41, 5.74) is 2.18. The van der Waals surface area contributed by atoms with Gasteiger partial charge in [-0.05, 0) is 31.6 Å². The van der Waals surface area contributed by atoms with E-state index in [0.29, 0.717) is 18.9 Å². The standard InChI is InChI=1S/C25H29N5O3S/c1-17(31)33-15-20(18-8-5-4-6-9-18)28-24-23-19-11-13-30(22(32)10-7-12-29(2)3)14-21(19)34-25(23)27-16-26-24/h4-10,16,20H,11-15H2,1-3H3,(H,26,27,28)/t20-/m1/s1. The number of fused-ring (bicyclic) bond motifs is 3. The van der Waals surface area contributed by atoms with Gasteiger partial charge in [-0.25, -0.2) is 9.97 Å². The highest BCUT2D eigenvalue weighted by molar-refractivity contribution is 7.19. The first-order valence-corrected chi connectivity index (χ1v) is 12.0. The summed E-state index contributed by atoms with van der Waals surface area (Å²) >= 11 is 1.60. The van der Waals surface area contributed by atoms with Crippen LogP contribution in [0.25, 0.3) is 10.2 Å². The van der Waals surface area contributed by atoms with Gasteiger partial charge in [-0.3, -0.25) is 9.59 Å². The smallest absolute Gasteiger partial charge is 0.302 e. The Morgan fingerprint density at radius 2 is 2.06 bits per heavy atom. The minimum absolute atomic E-state index is 0.0277. The molecule has 9 heteroatoms. The second-order valence-corrected chi connectivity index (χ2v) is 9.57.